The van der Waals surface area contributed by atoms with Crippen LogP contribution in [0, 0.1) is 6.10 Å². The molecular formula is C6H11AuO6. The van der Waals surface area contributed by atoms with E-state index in [1.165, 1.54) is 0 Å². The van der Waals surface area contributed by atoms with Gasteiger partial charge in [-0.25, -0.2) is 0 Å². The van der Waals surface area contributed by atoms with Crippen LogP contribution in [0.2, 0.25) is 0 Å². The SMILES string of the molecule is O=C[C@H](O)[C@@H](O)[C@H](O)[C-](O)CO.[Au+]. The summed E-state index contributed by atoms with van der Waals surface area (Å²) in [6, 6.07) is 0. The molecule has 0 saturated carbocycles. The zero-order valence-electron chi connectivity index (χ0n) is 6.46. The van der Waals surface area contributed by atoms with E-state index in [0.717, 1.165) is 0 Å². The van der Waals surface area contributed by atoms with E-state index in [1.54, 1.807) is 0 Å². The Bertz CT molecular complexity index is 143. The molecule has 0 unspecified atom stereocenters. The van der Waals surface area contributed by atoms with Gasteiger partial charge in [0.15, 0.2) is 6.29 Å². The molecule has 0 aromatic heterocycles. The van der Waals surface area contributed by atoms with Crippen LogP contribution in [0.25, 0.3) is 0 Å². The van der Waals surface area contributed by atoms with E-state index in [-0.39, 0.29) is 28.7 Å². The smallest absolute Gasteiger partial charge is 0.558 e. The van der Waals surface area contributed by atoms with E-state index in [4.69, 9.17) is 25.5 Å². The van der Waals surface area contributed by atoms with Gasteiger partial charge in [0.05, 0.1) is 6.10 Å². The molecule has 6 nitrogen and oxygen atoms in total. The Labute approximate surface area is 90.3 Å². The van der Waals surface area contributed by atoms with Crippen molar-refractivity contribution in [1.82, 2.24) is 0 Å². The Hall–Kier alpha value is 0.210. The van der Waals surface area contributed by atoms with Crippen LogP contribution in [0.4, 0.5) is 0 Å². The zero-order chi connectivity index (χ0) is 9.72. The summed E-state index contributed by atoms with van der Waals surface area (Å²) in [5.41, 5.74) is 0. The van der Waals surface area contributed by atoms with Crippen LogP contribution in [0.15, 0.2) is 0 Å². The first-order valence-corrected chi connectivity index (χ1v) is 3.19. The van der Waals surface area contributed by atoms with Gasteiger partial charge in [0.1, 0.15) is 6.10 Å². The van der Waals surface area contributed by atoms with Crippen molar-refractivity contribution in [3.8, 4) is 0 Å². The molecule has 0 amide bonds. The molecule has 0 aromatic carbocycles. The van der Waals surface area contributed by atoms with Crippen LogP contribution < -0.4 is 0 Å². The number of aliphatic hydroxyl groups is 5. The van der Waals surface area contributed by atoms with Gasteiger partial charge in [-0.15, -0.1) is 6.10 Å². The number of aldehydes is 1. The van der Waals surface area contributed by atoms with Gasteiger partial charge >= 0.3 is 22.4 Å². The van der Waals surface area contributed by atoms with Crippen LogP contribution in [-0.2, 0) is 27.2 Å². The average molecular weight is 376 g/mol. The topological polar surface area (TPSA) is 118 Å². The molecule has 0 rings (SSSR count). The monoisotopic (exact) mass is 376 g/mol. The van der Waals surface area contributed by atoms with Crippen molar-refractivity contribution >= 4 is 6.29 Å². The maximum Gasteiger partial charge on any atom is 1.00 e. The normalized spacial score (nSPS) is 17.4. The van der Waals surface area contributed by atoms with Gasteiger partial charge in [-0.05, 0) is 6.10 Å². The Morgan fingerprint density at radius 2 is 1.77 bits per heavy atom. The van der Waals surface area contributed by atoms with Crippen LogP contribution in [0.5, 0.6) is 0 Å². The van der Waals surface area contributed by atoms with Crippen LogP contribution in [-0.4, -0.2) is 56.7 Å². The summed E-state index contributed by atoms with van der Waals surface area (Å²) in [6.07, 6.45) is -6.22. The second-order valence-corrected chi connectivity index (χ2v) is 2.21. The summed E-state index contributed by atoms with van der Waals surface area (Å²) in [5, 5.41) is 43.3. The molecule has 7 heteroatoms. The van der Waals surface area contributed by atoms with Gasteiger partial charge in [0, 0.05) is 0 Å². The first kappa shape index (κ1) is 15.7. The predicted molar refractivity (Wildman–Crippen MR) is 36.3 cm³/mol. The van der Waals surface area contributed by atoms with E-state index in [9.17, 15) is 4.79 Å². The van der Waals surface area contributed by atoms with E-state index >= 15 is 0 Å². The number of carbonyl (C=O) groups excluding carboxylic acids is 1. The fourth-order valence-corrected chi connectivity index (χ4v) is 0.558. The van der Waals surface area contributed by atoms with Crippen molar-refractivity contribution in [3.05, 3.63) is 6.10 Å². The Balaban J connectivity index is 0. The van der Waals surface area contributed by atoms with Crippen molar-refractivity contribution in [3.63, 3.8) is 0 Å². The summed E-state index contributed by atoms with van der Waals surface area (Å²) in [6.45, 7) is -0.843. The molecule has 3 atom stereocenters. The minimum Gasteiger partial charge on any atom is -0.558 e. The molecule has 82 valence electrons. The third kappa shape index (κ3) is 4.84. The summed E-state index contributed by atoms with van der Waals surface area (Å²) < 4.78 is 0. The van der Waals surface area contributed by atoms with E-state index in [0.29, 0.717) is 0 Å². The van der Waals surface area contributed by atoms with Crippen molar-refractivity contribution in [1.29, 1.82) is 0 Å². The summed E-state index contributed by atoms with van der Waals surface area (Å²) in [5.74, 6) is 0. The molecular weight excluding hydrogens is 365 g/mol. The van der Waals surface area contributed by atoms with Gasteiger partial charge in [0.25, 0.3) is 0 Å². The van der Waals surface area contributed by atoms with E-state index < -0.39 is 31.0 Å². The maximum atomic E-state index is 9.89. The van der Waals surface area contributed by atoms with Gasteiger partial charge in [-0.1, -0.05) is 6.61 Å². The number of aliphatic hydroxyl groups excluding tert-OH is 5. The van der Waals surface area contributed by atoms with Gasteiger partial charge in [-0.2, -0.15) is 0 Å². The first-order chi connectivity index (χ1) is 5.54. The number of hydrogen-bond acceptors (Lipinski definition) is 6. The zero-order valence-corrected chi connectivity index (χ0v) is 8.63. The Kier molecular flexibility index (Phi) is 9.16. The molecule has 5 N–H and O–H groups in total. The number of carbonyl (C=O) groups is 1. The predicted octanol–water partition coefficient (Wildman–Crippen LogP) is -2.84. The molecule has 0 heterocycles. The largest absolute Gasteiger partial charge is 1.00 e. The van der Waals surface area contributed by atoms with Crippen molar-refractivity contribution in [2.45, 2.75) is 18.3 Å². The fraction of sp³-hybridized carbons (Fsp3) is 0.667. The molecule has 0 aliphatic carbocycles. The number of hydrogen-bond donors (Lipinski definition) is 5. The molecule has 0 aliphatic heterocycles. The molecule has 0 saturated heterocycles. The molecule has 0 bridgehead atoms. The van der Waals surface area contributed by atoms with E-state index in [1.807, 2.05) is 0 Å². The molecule has 0 aliphatic rings. The minimum absolute atomic E-state index is 0. The first-order valence-electron chi connectivity index (χ1n) is 3.19. The minimum atomic E-state index is -1.82. The maximum absolute atomic E-state index is 9.89. The second-order valence-electron chi connectivity index (χ2n) is 2.21. The summed E-state index contributed by atoms with van der Waals surface area (Å²) in [4.78, 5) is 9.89. The van der Waals surface area contributed by atoms with Crippen LogP contribution in [0.1, 0.15) is 0 Å². The average Bonchev–Trinajstić information content (AvgIpc) is 2.12. The fourth-order valence-electron chi connectivity index (χ4n) is 0.558. The van der Waals surface area contributed by atoms with Crippen LogP contribution in [0.3, 0.4) is 0 Å². The Morgan fingerprint density at radius 1 is 1.31 bits per heavy atom. The summed E-state index contributed by atoms with van der Waals surface area (Å²) in [7, 11) is 0. The van der Waals surface area contributed by atoms with Crippen LogP contribution >= 0.6 is 0 Å². The molecule has 13 heavy (non-hydrogen) atoms. The molecule has 0 aromatic rings. The summed E-state index contributed by atoms with van der Waals surface area (Å²) >= 11 is 0. The molecule has 0 fully saturated rings. The quantitative estimate of drug-likeness (QED) is 0.201. The van der Waals surface area contributed by atoms with Crippen molar-refractivity contribution in [2.24, 2.45) is 0 Å². The third-order valence-electron chi connectivity index (χ3n) is 1.32. The van der Waals surface area contributed by atoms with Crippen molar-refractivity contribution < 1.29 is 52.7 Å². The molecule has 0 radical (unpaired) electrons. The standard InChI is InChI=1S/C6H11O6.Au/c7-1-3(9)5(11)6(12)4(10)2-8;/h1,3,5-6,8-12H,2H2;/q-1;+1/t3-,5+,6+;/m0./s1. The van der Waals surface area contributed by atoms with E-state index in [2.05, 4.69) is 0 Å². The third-order valence-corrected chi connectivity index (χ3v) is 1.32. The number of rotatable bonds is 5. The molecule has 0 spiro atoms. The van der Waals surface area contributed by atoms with Gasteiger partial charge in [-0.3, -0.25) is 0 Å². The van der Waals surface area contributed by atoms with Gasteiger partial charge in [0.2, 0.25) is 0 Å². The Morgan fingerprint density at radius 3 is 2.08 bits per heavy atom. The van der Waals surface area contributed by atoms with Gasteiger partial charge < -0.3 is 30.3 Å². The van der Waals surface area contributed by atoms with Crippen molar-refractivity contribution in [2.75, 3.05) is 6.61 Å². The second kappa shape index (κ2) is 7.60.